The largest absolute Gasteiger partial charge is 0.375 e. The number of nitrogens with zero attached hydrogens (tertiary/aromatic N) is 1. The van der Waals surface area contributed by atoms with Gasteiger partial charge in [-0.05, 0) is 46.5 Å². The van der Waals surface area contributed by atoms with Gasteiger partial charge in [-0.1, -0.05) is 19.3 Å². The van der Waals surface area contributed by atoms with E-state index in [0.717, 1.165) is 13.0 Å². The first kappa shape index (κ1) is 15.4. The molecule has 1 aliphatic heterocycles. The van der Waals surface area contributed by atoms with E-state index in [0.29, 0.717) is 12.1 Å². The lowest BCUT2D eigenvalue weighted by atomic mass is 9.78. The Bertz CT molecular complexity index is 474. The Labute approximate surface area is 132 Å². The van der Waals surface area contributed by atoms with Crippen molar-refractivity contribution < 1.29 is 4.74 Å². The van der Waals surface area contributed by atoms with Crippen molar-refractivity contribution in [3.05, 3.63) is 15.6 Å². The Hall–Kier alpha value is -0.450. The lowest BCUT2D eigenvalue weighted by Crippen LogP contribution is -2.48. The first-order chi connectivity index (χ1) is 10.1. The summed E-state index contributed by atoms with van der Waals surface area (Å²) in [5.74, 6) is 0. The second kappa shape index (κ2) is 6.35. The molecule has 21 heavy (non-hydrogen) atoms. The fraction of sp³-hybridized carbons (Fsp3) is 0.824. The number of nitrogens with one attached hydrogen (secondary N) is 1. The average molecular weight is 308 g/mol. The van der Waals surface area contributed by atoms with E-state index in [1.807, 2.05) is 11.3 Å². The van der Waals surface area contributed by atoms with Crippen LogP contribution in [0.1, 0.15) is 73.5 Å². The van der Waals surface area contributed by atoms with E-state index in [-0.39, 0.29) is 5.60 Å². The number of aromatic nitrogens is 1. The van der Waals surface area contributed by atoms with Gasteiger partial charge in [0.2, 0.25) is 0 Å². The van der Waals surface area contributed by atoms with Crippen LogP contribution in [0.15, 0.2) is 0 Å². The van der Waals surface area contributed by atoms with Gasteiger partial charge in [0.25, 0.3) is 0 Å². The highest BCUT2D eigenvalue weighted by atomic mass is 32.1. The van der Waals surface area contributed by atoms with Gasteiger partial charge in [-0.25, -0.2) is 4.98 Å². The van der Waals surface area contributed by atoms with Gasteiger partial charge >= 0.3 is 0 Å². The van der Waals surface area contributed by atoms with Crippen molar-refractivity contribution in [2.24, 2.45) is 0 Å². The summed E-state index contributed by atoms with van der Waals surface area (Å²) in [5.41, 5.74) is 1.38. The molecular formula is C17H28N2OS. The Balaban J connectivity index is 1.63. The van der Waals surface area contributed by atoms with Crippen LogP contribution >= 0.6 is 11.3 Å². The predicted octanol–water partition coefficient (Wildman–Crippen LogP) is 4.29. The maximum Gasteiger partial charge on any atom is 0.0900 e. The lowest BCUT2D eigenvalue weighted by Gasteiger charge is -2.44. The van der Waals surface area contributed by atoms with E-state index in [4.69, 9.17) is 4.74 Å². The van der Waals surface area contributed by atoms with Gasteiger partial charge in [0.1, 0.15) is 0 Å². The van der Waals surface area contributed by atoms with Gasteiger partial charge in [-0.2, -0.15) is 0 Å². The fourth-order valence-electron chi connectivity index (χ4n) is 4.09. The number of rotatable bonds is 3. The molecule has 118 valence electrons. The highest BCUT2D eigenvalue weighted by Gasteiger charge is 2.38. The fourth-order valence-corrected chi connectivity index (χ4v) is 5.03. The third kappa shape index (κ3) is 3.49. The molecule has 2 atom stereocenters. The summed E-state index contributed by atoms with van der Waals surface area (Å²) in [6.45, 7) is 7.43. The number of hydrogen-bond donors (Lipinski definition) is 1. The Morgan fingerprint density at radius 1 is 1.29 bits per heavy atom. The van der Waals surface area contributed by atoms with Crippen LogP contribution < -0.4 is 5.32 Å². The molecule has 0 radical (unpaired) electrons. The van der Waals surface area contributed by atoms with Gasteiger partial charge < -0.3 is 10.1 Å². The predicted molar refractivity (Wildman–Crippen MR) is 87.9 cm³/mol. The average Bonchev–Trinajstić information content (AvgIpc) is 2.79. The molecule has 4 heteroatoms. The molecule has 2 heterocycles. The van der Waals surface area contributed by atoms with E-state index in [1.54, 1.807) is 0 Å². The molecule has 3 rings (SSSR count). The van der Waals surface area contributed by atoms with Crippen molar-refractivity contribution in [1.29, 1.82) is 0 Å². The van der Waals surface area contributed by atoms with Crippen LogP contribution in [0, 0.1) is 13.8 Å². The molecule has 1 aromatic rings. The number of thiazole rings is 1. The topological polar surface area (TPSA) is 34.2 Å². The lowest BCUT2D eigenvalue weighted by molar-refractivity contribution is -0.109. The van der Waals surface area contributed by atoms with E-state index in [1.165, 1.54) is 54.1 Å². The first-order valence-corrected chi connectivity index (χ1v) is 9.24. The smallest absolute Gasteiger partial charge is 0.0900 e. The molecule has 1 aromatic heterocycles. The van der Waals surface area contributed by atoms with Crippen LogP contribution in [0.25, 0.3) is 0 Å². The van der Waals surface area contributed by atoms with Crippen LogP contribution in [0.5, 0.6) is 0 Å². The molecule has 0 bridgehead atoms. The van der Waals surface area contributed by atoms with Crippen LogP contribution in [-0.4, -0.2) is 23.2 Å². The van der Waals surface area contributed by atoms with Crippen molar-refractivity contribution in [3.63, 3.8) is 0 Å². The van der Waals surface area contributed by atoms with Crippen molar-refractivity contribution in [2.75, 3.05) is 6.61 Å². The Morgan fingerprint density at radius 2 is 2.05 bits per heavy atom. The highest BCUT2D eigenvalue weighted by Crippen LogP contribution is 2.39. The minimum absolute atomic E-state index is 0.187. The molecule has 0 amide bonds. The van der Waals surface area contributed by atoms with E-state index in [9.17, 15) is 0 Å². The molecule has 1 N–H and O–H groups in total. The first-order valence-electron chi connectivity index (χ1n) is 8.42. The normalized spacial score (nSPS) is 26.9. The Kier molecular flexibility index (Phi) is 4.67. The highest BCUT2D eigenvalue weighted by molar-refractivity contribution is 7.11. The van der Waals surface area contributed by atoms with Gasteiger partial charge in [-0.15, -0.1) is 11.3 Å². The third-order valence-corrected chi connectivity index (χ3v) is 6.33. The summed E-state index contributed by atoms with van der Waals surface area (Å²) in [4.78, 5) is 5.96. The second-order valence-corrected chi connectivity index (χ2v) is 8.09. The number of ether oxygens (including phenoxy) is 1. The number of aryl methyl sites for hydroxylation is 2. The summed E-state index contributed by atoms with van der Waals surface area (Å²) in [5, 5.41) is 5.02. The van der Waals surface area contributed by atoms with Crippen molar-refractivity contribution in [3.8, 4) is 0 Å². The monoisotopic (exact) mass is 308 g/mol. The molecule has 3 nitrogen and oxygen atoms in total. The molecule has 1 aliphatic carbocycles. The zero-order valence-electron chi connectivity index (χ0n) is 13.6. The minimum Gasteiger partial charge on any atom is -0.375 e. The summed E-state index contributed by atoms with van der Waals surface area (Å²) in [6, 6.07) is 0.994. The molecule has 2 fully saturated rings. The van der Waals surface area contributed by atoms with Crippen LogP contribution in [0.3, 0.4) is 0 Å². The van der Waals surface area contributed by atoms with E-state index < -0.39 is 0 Å². The second-order valence-electron chi connectivity index (χ2n) is 6.85. The minimum atomic E-state index is 0.187. The van der Waals surface area contributed by atoms with Gasteiger partial charge in [0.15, 0.2) is 0 Å². The number of hydrogen-bond acceptors (Lipinski definition) is 4. The molecular weight excluding hydrogens is 280 g/mol. The molecule has 2 aliphatic rings. The van der Waals surface area contributed by atoms with E-state index in [2.05, 4.69) is 31.1 Å². The molecule has 1 spiro atoms. The Morgan fingerprint density at radius 3 is 2.71 bits per heavy atom. The summed E-state index contributed by atoms with van der Waals surface area (Å²) >= 11 is 1.83. The summed E-state index contributed by atoms with van der Waals surface area (Å²) in [6.07, 6.45) is 8.93. The summed E-state index contributed by atoms with van der Waals surface area (Å²) in [7, 11) is 0. The van der Waals surface area contributed by atoms with Crippen molar-refractivity contribution >= 4 is 11.3 Å². The zero-order chi connectivity index (χ0) is 14.9. The maximum atomic E-state index is 6.20. The van der Waals surface area contributed by atoms with Crippen molar-refractivity contribution in [2.45, 2.75) is 83.4 Å². The SMILES string of the molecule is Cc1nc(C)c(C(C)NC2CCOC3(CCCCC3)C2)s1. The van der Waals surface area contributed by atoms with E-state index >= 15 is 0 Å². The van der Waals surface area contributed by atoms with Gasteiger partial charge in [0.05, 0.1) is 16.3 Å². The molecule has 2 unspecified atom stereocenters. The van der Waals surface area contributed by atoms with Gasteiger partial charge in [0, 0.05) is 23.6 Å². The molecule has 1 saturated heterocycles. The summed E-state index contributed by atoms with van der Waals surface area (Å²) < 4.78 is 6.20. The quantitative estimate of drug-likeness (QED) is 0.904. The zero-order valence-corrected chi connectivity index (χ0v) is 14.4. The maximum absolute atomic E-state index is 6.20. The van der Waals surface area contributed by atoms with Crippen LogP contribution in [0.2, 0.25) is 0 Å². The van der Waals surface area contributed by atoms with Crippen LogP contribution in [0.4, 0.5) is 0 Å². The van der Waals surface area contributed by atoms with Crippen molar-refractivity contribution in [1.82, 2.24) is 10.3 Å². The standard InChI is InChI=1S/C17H28N2OS/c1-12-16(21-14(3)18-12)13(2)19-15-7-10-20-17(11-15)8-5-4-6-9-17/h13,15,19H,4-11H2,1-3H3. The molecule has 0 aromatic carbocycles. The molecule has 1 saturated carbocycles. The van der Waals surface area contributed by atoms with Crippen LogP contribution in [-0.2, 0) is 4.74 Å². The third-order valence-electron chi connectivity index (χ3n) is 5.08. The van der Waals surface area contributed by atoms with Gasteiger partial charge in [-0.3, -0.25) is 0 Å².